The third-order valence-corrected chi connectivity index (χ3v) is 3.28. The summed E-state index contributed by atoms with van der Waals surface area (Å²) in [4.78, 5) is 12.2. The van der Waals surface area contributed by atoms with Crippen molar-refractivity contribution in [1.29, 1.82) is 0 Å². The largest absolute Gasteiger partial charge is 0.490 e. The van der Waals surface area contributed by atoms with Gasteiger partial charge in [0.25, 0.3) is 5.91 Å². The van der Waals surface area contributed by atoms with Crippen LogP contribution < -0.4 is 10.1 Å². The zero-order chi connectivity index (χ0) is 15.1. The molecule has 0 aromatic heterocycles. The van der Waals surface area contributed by atoms with Crippen molar-refractivity contribution in [2.75, 3.05) is 13.2 Å². The molecule has 2 N–H and O–H groups in total. The van der Waals surface area contributed by atoms with E-state index < -0.39 is 0 Å². The average molecular weight is 344 g/mol. The molecule has 112 valence electrons. The number of hydrogen-bond acceptors (Lipinski definition) is 3. The lowest BCUT2D eigenvalue weighted by atomic mass is 10.1. The first-order valence-electron chi connectivity index (χ1n) is 6.79. The van der Waals surface area contributed by atoms with Crippen molar-refractivity contribution in [3.05, 3.63) is 28.2 Å². The van der Waals surface area contributed by atoms with Crippen LogP contribution in [-0.2, 0) is 0 Å². The summed E-state index contributed by atoms with van der Waals surface area (Å²) in [6, 6.07) is 5.36. The molecule has 1 amide bonds. The summed E-state index contributed by atoms with van der Waals surface area (Å²) in [7, 11) is 0. The summed E-state index contributed by atoms with van der Waals surface area (Å²) in [6.45, 7) is 6.51. The van der Waals surface area contributed by atoms with Gasteiger partial charge in [0, 0.05) is 17.6 Å². The normalized spacial score (nSPS) is 12.3. The van der Waals surface area contributed by atoms with Gasteiger partial charge in [0.15, 0.2) is 0 Å². The van der Waals surface area contributed by atoms with E-state index in [0.29, 0.717) is 24.3 Å². The van der Waals surface area contributed by atoms with E-state index >= 15 is 0 Å². The Morgan fingerprint density at radius 1 is 1.40 bits per heavy atom. The van der Waals surface area contributed by atoms with Crippen LogP contribution in [0.2, 0.25) is 0 Å². The third-order valence-electron chi connectivity index (χ3n) is 2.78. The maximum Gasteiger partial charge on any atom is 0.255 e. The number of benzene rings is 1. The third kappa shape index (κ3) is 5.51. The molecule has 0 saturated carbocycles. The molecule has 0 heterocycles. The van der Waals surface area contributed by atoms with E-state index in [2.05, 4.69) is 21.2 Å². The van der Waals surface area contributed by atoms with Gasteiger partial charge >= 0.3 is 0 Å². The number of carbonyl (C=O) groups excluding carboxylic acids is 1. The lowest BCUT2D eigenvalue weighted by Gasteiger charge is -2.16. The molecule has 4 nitrogen and oxygen atoms in total. The van der Waals surface area contributed by atoms with Gasteiger partial charge in [-0.1, -0.05) is 22.9 Å². The maximum atomic E-state index is 12.2. The van der Waals surface area contributed by atoms with Gasteiger partial charge in [-0.15, -0.1) is 0 Å². The topological polar surface area (TPSA) is 58.6 Å². The molecule has 1 atom stereocenters. The Morgan fingerprint density at radius 3 is 2.70 bits per heavy atom. The quantitative estimate of drug-likeness (QED) is 0.800. The van der Waals surface area contributed by atoms with Crippen molar-refractivity contribution in [1.82, 2.24) is 5.32 Å². The minimum Gasteiger partial charge on any atom is -0.490 e. The fourth-order valence-corrected chi connectivity index (χ4v) is 2.06. The summed E-state index contributed by atoms with van der Waals surface area (Å²) >= 11 is 3.38. The highest BCUT2D eigenvalue weighted by Crippen LogP contribution is 2.24. The van der Waals surface area contributed by atoms with Crippen LogP contribution in [0.1, 0.15) is 37.6 Å². The van der Waals surface area contributed by atoms with Crippen molar-refractivity contribution < 1.29 is 14.6 Å². The standard InChI is InChI=1S/C15H22BrNO3/c1-10(2)20-14-8-12(16)4-5-13(14)15(19)17-9-11(3)6-7-18/h4-5,8,10-11,18H,6-7,9H2,1-3H3,(H,17,19). The summed E-state index contributed by atoms with van der Waals surface area (Å²) < 4.78 is 6.54. The average Bonchev–Trinajstić information content (AvgIpc) is 2.36. The molecule has 0 spiro atoms. The molecule has 0 aliphatic rings. The van der Waals surface area contributed by atoms with Crippen molar-refractivity contribution in [2.24, 2.45) is 5.92 Å². The molecule has 0 bridgehead atoms. The molecule has 1 aromatic carbocycles. The molecule has 0 radical (unpaired) electrons. The summed E-state index contributed by atoms with van der Waals surface area (Å²) in [6.07, 6.45) is 0.680. The van der Waals surface area contributed by atoms with Crippen LogP contribution in [0.4, 0.5) is 0 Å². The summed E-state index contributed by atoms with van der Waals surface area (Å²) in [5, 5.41) is 11.7. The van der Waals surface area contributed by atoms with Gasteiger partial charge in [0.2, 0.25) is 0 Å². The second-order valence-electron chi connectivity index (χ2n) is 5.13. The number of aliphatic hydroxyl groups excluding tert-OH is 1. The number of carbonyl (C=O) groups is 1. The lowest BCUT2D eigenvalue weighted by molar-refractivity contribution is 0.0939. The van der Waals surface area contributed by atoms with Crippen molar-refractivity contribution in [3.8, 4) is 5.75 Å². The van der Waals surface area contributed by atoms with Crippen LogP contribution in [0, 0.1) is 5.92 Å². The van der Waals surface area contributed by atoms with E-state index in [-0.39, 0.29) is 24.5 Å². The molecular formula is C15H22BrNO3. The number of hydrogen-bond donors (Lipinski definition) is 2. The zero-order valence-corrected chi connectivity index (χ0v) is 13.7. The number of rotatable bonds is 7. The molecule has 5 heteroatoms. The van der Waals surface area contributed by atoms with Gasteiger partial charge in [-0.2, -0.15) is 0 Å². The molecule has 0 fully saturated rings. The Morgan fingerprint density at radius 2 is 2.10 bits per heavy atom. The Balaban J connectivity index is 2.76. The first kappa shape index (κ1) is 17.0. The number of halogens is 1. The van der Waals surface area contributed by atoms with E-state index in [1.807, 2.05) is 26.8 Å². The zero-order valence-electron chi connectivity index (χ0n) is 12.1. The van der Waals surface area contributed by atoms with E-state index in [1.54, 1.807) is 12.1 Å². The summed E-state index contributed by atoms with van der Waals surface area (Å²) in [5.74, 6) is 0.661. The van der Waals surface area contributed by atoms with Gasteiger partial charge in [-0.3, -0.25) is 4.79 Å². The van der Waals surface area contributed by atoms with Gasteiger partial charge in [0.05, 0.1) is 11.7 Å². The van der Waals surface area contributed by atoms with Gasteiger partial charge < -0.3 is 15.2 Å². The van der Waals surface area contributed by atoms with Crippen LogP contribution >= 0.6 is 15.9 Å². The molecule has 20 heavy (non-hydrogen) atoms. The smallest absolute Gasteiger partial charge is 0.255 e. The maximum absolute atomic E-state index is 12.2. The minimum atomic E-state index is -0.155. The molecule has 0 aliphatic carbocycles. The second kappa shape index (κ2) is 8.27. The molecule has 1 rings (SSSR count). The molecule has 0 saturated heterocycles. The fourth-order valence-electron chi connectivity index (χ4n) is 1.72. The monoisotopic (exact) mass is 343 g/mol. The number of aliphatic hydroxyl groups is 1. The number of nitrogens with one attached hydrogen (secondary N) is 1. The highest BCUT2D eigenvalue weighted by Gasteiger charge is 2.14. The Bertz CT molecular complexity index is 449. The number of amides is 1. The molecule has 0 aliphatic heterocycles. The van der Waals surface area contributed by atoms with Crippen LogP contribution in [-0.4, -0.2) is 30.3 Å². The van der Waals surface area contributed by atoms with E-state index in [4.69, 9.17) is 9.84 Å². The van der Waals surface area contributed by atoms with Crippen LogP contribution in [0.25, 0.3) is 0 Å². The SMILES string of the molecule is CC(CCO)CNC(=O)c1ccc(Br)cc1OC(C)C. The highest BCUT2D eigenvalue weighted by molar-refractivity contribution is 9.10. The minimum absolute atomic E-state index is 0.00385. The lowest BCUT2D eigenvalue weighted by Crippen LogP contribution is -2.29. The Labute approximate surface area is 128 Å². The second-order valence-corrected chi connectivity index (χ2v) is 6.05. The predicted molar refractivity (Wildman–Crippen MR) is 83.1 cm³/mol. The number of ether oxygens (including phenoxy) is 1. The predicted octanol–water partition coefficient (Wildman–Crippen LogP) is 2.98. The van der Waals surface area contributed by atoms with E-state index in [0.717, 1.165) is 4.47 Å². The van der Waals surface area contributed by atoms with Crippen LogP contribution in [0.5, 0.6) is 5.75 Å². The van der Waals surface area contributed by atoms with Gasteiger partial charge in [0.1, 0.15) is 5.75 Å². The van der Waals surface area contributed by atoms with Crippen LogP contribution in [0.15, 0.2) is 22.7 Å². The Kier molecular flexibility index (Phi) is 7.02. The molecule has 1 unspecified atom stereocenters. The van der Waals surface area contributed by atoms with Crippen molar-refractivity contribution in [2.45, 2.75) is 33.3 Å². The van der Waals surface area contributed by atoms with Crippen LogP contribution in [0.3, 0.4) is 0 Å². The fraction of sp³-hybridized carbons (Fsp3) is 0.533. The van der Waals surface area contributed by atoms with Gasteiger partial charge in [-0.25, -0.2) is 0 Å². The summed E-state index contributed by atoms with van der Waals surface area (Å²) in [5.41, 5.74) is 0.526. The highest BCUT2D eigenvalue weighted by atomic mass is 79.9. The molecular weight excluding hydrogens is 322 g/mol. The van der Waals surface area contributed by atoms with Crippen molar-refractivity contribution in [3.63, 3.8) is 0 Å². The first-order valence-corrected chi connectivity index (χ1v) is 7.58. The van der Waals surface area contributed by atoms with E-state index in [1.165, 1.54) is 0 Å². The van der Waals surface area contributed by atoms with E-state index in [9.17, 15) is 4.79 Å². The van der Waals surface area contributed by atoms with Gasteiger partial charge in [-0.05, 0) is 44.4 Å². The Hall–Kier alpha value is -1.07. The first-order chi connectivity index (χ1) is 9.43. The van der Waals surface area contributed by atoms with Crippen molar-refractivity contribution >= 4 is 21.8 Å². The molecule has 1 aromatic rings.